The van der Waals surface area contributed by atoms with E-state index in [-0.39, 0.29) is 4.90 Å². The van der Waals surface area contributed by atoms with E-state index in [0.717, 1.165) is 18.2 Å². The van der Waals surface area contributed by atoms with Crippen molar-refractivity contribution in [3.05, 3.63) is 29.8 Å². The lowest BCUT2D eigenvalue weighted by Gasteiger charge is -2.30. The molecule has 0 aromatic heterocycles. The van der Waals surface area contributed by atoms with Crippen molar-refractivity contribution in [2.45, 2.75) is 17.7 Å². The first-order valence-corrected chi connectivity index (χ1v) is 7.94. The fraction of sp³-hybridized carbons (Fsp3) is 0.500. The largest absolute Gasteiger partial charge is 0.243 e. The van der Waals surface area contributed by atoms with E-state index in [9.17, 15) is 17.2 Å². The number of halogens is 3. The van der Waals surface area contributed by atoms with Crippen molar-refractivity contribution in [2.24, 2.45) is 5.92 Å². The van der Waals surface area contributed by atoms with Crippen LogP contribution in [0.3, 0.4) is 0 Å². The fourth-order valence-corrected chi connectivity index (χ4v) is 3.88. The first-order chi connectivity index (χ1) is 8.95. The van der Waals surface area contributed by atoms with Gasteiger partial charge in [0.2, 0.25) is 10.0 Å². The van der Waals surface area contributed by atoms with Crippen LogP contribution in [0.2, 0.25) is 0 Å². The van der Waals surface area contributed by atoms with E-state index >= 15 is 0 Å². The first kappa shape index (κ1) is 14.7. The number of hydrogen-bond acceptors (Lipinski definition) is 2. The van der Waals surface area contributed by atoms with Gasteiger partial charge in [0.05, 0.1) is 4.90 Å². The summed E-state index contributed by atoms with van der Waals surface area (Å²) in [5.41, 5.74) is 0. The Hall–Kier alpha value is -0.720. The third-order valence-corrected chi connectivity index (χ3v) is 5.65. The molecule has 1 aromatic carbocycles. The highest BCUT2D eigenvalue weighted by Crippen LogP contribution is 2.25. The maximum Gasteiger partial charge on any atom is 0.243 e. The number of rotatable bonds is 3. The Kier molecular flexibility index (Phi) is 4.43. The Balaban J connectivity index is 2.21. The second-order valence-corrected chi connectivity index (χ2v) is 6.82. The summed E-state index contributed by atoms with van der Waals surface area (Å²) in [5.74, 6) is -1.38. The Bertz CT molecular complexity index is 557. The van der Waals surface area contributed by atoms with Crippen LogP contribution in [-0.4, -0.2) is 31.7 Å². The van der Waals surface area contributed by atoms with E-state index in [2.05, 4.69) is 0 Å². The highest BCUT2D eigenvalue weighted by molar-refractivity contribution is 7.89. The summed E-state index contributed by atoms with van der Waals surface area (Å²) in [6, 6.07) is 2.63. The van der Waals surface area contributed by atoms with Gasteiger partial charge < -0.3 is 0 Å². The first-order valence-electron chi connectivity index (χ1n) is 5.96. The van der Waals surface area contributed by atoms with Crippen LogP contribution in [0.25, 0.3) is 0 Å². The molecule has 0 spiro atoms. The Morgan fingerprint density at radius 1 is 1.21 bits per heavy atom. The fourth-order valence-electron chi connectivity index (χ4n) is 2.09. The van der Waals surface area contributed by atoms with Crippen LogP contribution >= 0.6 is 11.6 Å². The van der Waals surface area contributed by atoms with Crippen molar-refractivity contribution in [2.75, 3.05) is 19.0 Å². The van der Waals surface area contributed by atoms with Crippen molar-refractivity contribution in [1.29, 1.82) is 0 Å². The summed E-state index contributed by atoms with van der Waals surface area (Å²) < 4.78 is 51.7. The molecule has 0 unspecified atom stereocenters. The summed E-state index contributed by atoms with van der Waals surface area (Å²) in [7, 11) is -3.75. The highest BCUT2D eigenvalue weighted by Gasteiger charge is 2.29. The zero-order valence-electron chi connectivity index (χ0n) is 10.2. The number of alkyl halides is 1. The molecule has 1 aliphatic heterocycles. The SMILES string of the molecule is O=S(=O)(c1ccc(F)c(F)c1)N1CCC(CCl)CC1. The Morgan fingerprint density at radius 2 is 1.84 bits per heavy atom. The van der Waals surface area contributed by atoms with Gasteiger partial charge in [-0.1, -0.05) is 0 Å². The highest BCUT2D eigenvalue weighted by atomic mass is 35.5. The van der Waals surface area contributed by atoms with Crippen molar-refractivity contribution in [3.63, 3.8) is 0 Å². The minimum Gasteiger partial charge on any atom is -0.207 e. The quantitative estimate of drug-likeness (QED) is 0.805. The topological polar surface area (TPSA) is 37.4 Å². The van der Waals surface area contributed by atoms with Gasteiger partial charge in [0.15, 0.2) is 11.6 Å². The van der Waals surface area contributed by atoms with Gasteiger partial charge in [0.1, 0.15) is 0 Å². The van der Waals surface area contributed by atoms with Gasteiger partial charge in [-0.05, 0) is 37.0 Å². The molecule has 1 aliphatic rings. The number of sulfonamides is 1. The normalized spacial score (nSPS) is 18.7. The molecule has 1 fully saturated rings. The molecule has 7 heteroatoms. The minimum absolute atomic E-state index is 0.212. The minimum atomic E-state index is -3.75. The van der Waals surface area contributed by atoms with E-state index in [0.29, 0.717) is 37.7 Å². The molecule has 0 saturated carbocycles. The van der Waals surface area contributed by atoms with E-state index < -0.39 is 21.7 Å². The molecule has 3 nitrogen and oxygen atoms in total. The molecule has 2 rings (SSSR count). The summed E-state index contributed by atoms with van der Waals surface area (Å²) in [5, 5.41) is 0. The molecule has 0 N–H and O–H groups in total. The molecule has 1 heterocycles. The second-order valence-electron chi connectivity index (χ2n) is 4.58. The maximum absolute atomic E-state index is 13.1. The smallest absolute Gasteiger partial charge is 0.207 e. The zero-order chi connectivity index (χ0) is 14.0. The van der Waals surface area contributed by atoms with E-state index in [4.69, 9.17) is 11.6 Å². The zero-order valence-corrected chi connectivity index (χ0v) is 11.7. The molecule has 106 valence electrons. The number of piperidine rings is 1. The standard InChI is InChI=1S/C12H14ClF2NO2S/c13-8-9-3-5-16(6-4-9)19(17,18)10-1-2-11(14)12(15)7-10/h1-2,7,9H,3-6,8H2. The molecule has 0 amide bonds. The lowest BCUT2D eigenvalue weighted by atomic mass is 10.0. The molecular formula is C12H14ClF2NO2S. The summed E-state index contributed by atoms with van der Waals surface area (Å²) >= 11 is 5.74. The van der Waals surface area contributed by atoms with Crippen LogP contribution in [0.5, 0.6) is 0 Å². The summed E-state index contributed by atoms with van der Waals surface area (Å²) in [4.78, 5) is -0.212. The van der Waals surface area contributed by atoms with Crippen LogP contribution in [-0.2, 0) is 10.0 Å². The number of hydrogen-bond donors (Lipinski definition) is 0. The van der Waals surface area contributed by atoms with Gasteiger partial charge in [-0.2, -0.15) is 4.31 Å². The molecule has 1 aromatic rings. The number of nitrogens with zero attached hydrogens (tertiary/aromatic N) is 1. The Labute approximate surface area is 116 Å². The number of benzene rings is 1. The summed E-state index contributed by atoms with van der Waals surface area (Å²) in [6.07, 6.45) is 1.37. The lowest BCUT2D eigenvalue weighted by molar-refractivity contribution is 0.290. The molecule has 0 bridgehead atoms. The van der Waals surface area contributed by atoms with Crippen molar-refractivity contribution in [3.8, 4) is 0 Å². The monoisotopic (exact) mass is 309 g/mol. The van der Waals surface area contributed by atoms with Gasteiger partial charge in [-0.15, -0.1) is 11.6 Å². The third kappa shape index (κ3) is 3.07. The van der Waals surface area contributed by atoms with Gasteiger partial charge in [-0.3, -0.25) is 0 Å². The van der Waals surface area contributed by atoms with E-state index in [1.54, 1.807) is 0 Å². The van der Waals surface area contributed by atoms with Crippen molar-refractivity contribution >= 4 is 21.6 Å². The van der Waals surface area contributed by atoms with Crippen LogP contribution < -0.4 is 0 Å². The van der Waals surface area contributed by atoms with Gasteiger partial charge >= 0.3 is 0 Å². The van der Waals surface area contributed by atoms with Crippen LogP contribution in [0.4, 0.5) is 8.78 Å². The molecular weight excluding hydrogens is 296 g/mol. The second kappa shape index (κ2) is 5.73. The van der Waals surface area contributed by atoms with E-state index in [1.807, 2.05) is 0 Å². The van der Waals surface area contributed by atoms with Gasteiger partial charge in [-0.25, -0.2) is 17.2 Å². The Morgan fingerprint density at radius 3 is 2.37 bits per heavy atom. The average molecular weight is 310 g/mol. The predicted octanol–water partition coefficient (Wildman–Crippen LogP) is 2.60. The van der Waals surface area contributed by atoms with Gasteiger partial charge in [0.25, 0.3) is 0 Å². The van der Waals surface area contributed by atoms with Crippen molar-refractivity contribution in [1.82, 2.24) is 4.31 Å². The molecule has 19 heavy (non-hydrogen) atoms. The summed E-state index contributed by atoms with van der Waals surface area (Å²) in [6.45, 7) is 0.720. The van der Waals surface area contributed by atoms with E-state index in [1.165, 1.54) is 4.31 Å². The van der Waals surface area contributed by atoms with Crippen LogP contribution in [0.15, 0.2) is 23.1 Å². The average Bonchev–Trinajstić information content (AvgIpc) is 2.41. The molecule has 0 aliphatic carbocycles. The molecule has 1 saturated heterocycles. The maximum atomic E-state index is 13.1. The van der Waals surface area contributed by atoms with Crippen molar-refractivity contribution < 1.29 is 17.2 Å². The van der Waals surface area contributed by atoms with Crippen LogP contribution in [0, 0.1) is 17.6 Å². The lowest BCUT2D eigenvalue weighted by Crippen LogP contribution is -2.38. The van der Waals surface area contributed by atoms with Gasteiger partial charge in [0, 0.05) is 19.0 Å². The molecule has 0 atom stereocenters. The van der Waals surface area contributed by atoms with Crippen LogP contribution in [0.1, 0.15) is 12.8 Å². The third-order valence-electron chi connectivity index (χ3n) is 3.32. The molecule has 0 radical (unpaired) electrons. The predicted molar refractivity (Wildman–Crippen MR) is 68.6 cm³/mol.